The first-order valence-electron chi connectivity index (χ1n) is 11.0. The molecule has 10 heteroatoms. The number of sulfonamides is 1. The van der Waals surface area contributed by atoms with Gasteiger partial charge in [-0.2, -0.15) is 0 Å². The Kier molecular flexibility index (Phi) is 6.81. The Morgan fingerprint density at radius 3 is 2.33 bits per heavy atom. The maximum Gasteiger partial charge on any atom is 0.315 e. The Bertz CT molecular complexity index is 1440. The molecule has 0 aromatic heterocycles. The van der Waals surface area contributed by atoms with Gasteiger partial charge >= 0.3 is 5.97 Å². The van der Waals surface area contributed by atoms with E-state index in [9.17, 15) is 22.4 Å². The van der Waals surface area contributed by atoms with E-state index in [0.717, 1.165) is 23.8 Å². The van der Waals surface area contributed by atoms with Crippen LogP contribution in [0.5, 0.6) is 5.75 Å². The van der Waals surface area contributed by atoms with Gasteiger partial charge in [0, 0.05) is 11.1 Å². The van der Waals surface area contributed by atoms with Gasteiger partial charge < -0.3 is 9.47 Å². The van der Waals surface area contributed by atoms with E-state index >= 15 is 4.39 Å². The largest absolute Gasteiger partial charge is 0.497 e. The van der Waals surface area contributed by atoms with Gasteiger partial charge in [0.25, 0.3) is 15.9 Å². The van der Waals surface area contributed by atoms with E-state index < -0.39 is 51.1 Å². The van der Waals surface area contributed by atoms with Crippen molar-refractivity contribution in [2.24, 2.45) is 0 Å². The van der Waals surface area contributed by atoms with Crippen LogP contribution in [0.25, 0.3) is 0 Å². The van der Waals surface area contributed by atoms with Crippen LogP contribution in [-0.4, -0.2) is 38.3 Å². The molecule has 3 aromatic carbocycles. The van der Waals surface area contributed by atoms with Crippen LogP contribution in [0.4, 0.5) is 8.78 Å². The number of hydrogen-bond donors (Lipinski definition) is 0. The Morgan fingerprint density at radius 2 is 1.69 bits per heavy atom. The number of fused-ring (bicyclic) bond motifs is 1. The minimum Gasteiger partial charge on any atom is -0.497 e. The van der Waals surface area contributed by atoms with E-state index in [2.05, 4.69) is 0 Å². The van der Waals surface area contributed by atoms with Crippen LogP contribution in [0.1, 0.15) is 45.9 Å². The van der Waals surface area contributed by atoms with E-state index in [1.54, 1.807) is 26.0 Å². The van der Waals surface area contributed by atoms with Gasteiger partial charge in [-0.15, -0.1) is 0 Å². The fraction of sp³-hybridized carbons (Fsp3) is 0.231. The molecule has 2 atom stereocenters. The zero-order chi connectivity index (χ0) is 26.2. The Balaban J connectivity index is 2.07. The van der Waals surface area contributed by atoms with Crippen molar-refractivity contribution in [3.8, 4) is 5.75 Å². The smallest absolute Gasteiger partial charge is 0.315 e. The highest BCUT2D eigenvalue weighted by atomic mass is 32.2. The zero-order valence-corrected chi connectivity index (χ0v) is 20.5. The number of carbonyl (C=O) groups excluding carboxylic acids is 2. The summed E-state index contributed by atoms with van der Waals surface area (Å²) in [4.78, 5) is 26.8. The number of nitrogens with zero attached hydrogens (tertiary/aromatic N) is 1. The zero-order valence-electron chi connectivity index (χ0n) is 19.7. The standard InChI is InChI=1S/C26H23F2NO6S/c1-4-35-26(31)23-20-14-17(34-3)8-11-19(20)25(30)29(24(23)21-13-16(27)7-12-22(21)28)36(32,33)18-9-5-15(2)6-10-18/h5-14,23-24H,4H2,1-3H3. The van der Waals surface area contributed by atoms with Gasteiger partial charge in [-0.3, -0.25) is 9.59 Å². The predicted octanol–water partition coefficient (Wildman–Crippen LogP) is 4.51. The lowest BCUT2D eigenvalue weighted by Gasteiger charge is -2.40. The van der Waals surface area contributed by atoms with Gasteiger partial charge in [-0.25, -0.2) is 21.5 Å². The van der Waals surface area contributed by atoms with Gasteiger partial charge in [0.2, 0.25) is 0 Å². The fourth-order valence-electron chi connectivity index (χ4n) is 4.29. The minimum absolute atomic E-state index is 0.0638. The lowest BCUT2D eigenvalue weighted by molar-refractivity contribution is -0.146. The third-order valence-corrected chi connectivity index (χ3v) is 7.77. The molecule has 7 nitrogen and oxygen atoms in total. The van der Waals surface area contributed by atoms with Crippen LogP contribution in [0, 0.1) is 18.6 Å². The van der Waals surface area contributed by atoms with Crippen molar-refractivity contribution in [2.45, 2.75) is 30.7 Å². The summed E-state index contributed by atoms with van der Waals surface area (Å²) in [5.41, 5.74) is 0.276. The molecular weight excluding hydrogens is 492 g/mol. The number of amides is 1. The van der Waals surface area contributed by atoms with E-state index in [0.29, 0.717) is 4.31 Å². The second-order valence-electron chi connectivity index (χ2n) is 8.21. The van der Waals surface area contributed by atoms with Crippen LogP contribution >= 0.6 is 0 Å². The van der Waals surface area contributed by atoms with E-state index in [4.69, 9.17) is 9.47 Å². The van der Waals surface area contributed by atoms with Gasteiger partial charge in [0.05, 0.1) is 24.7 Å². The van der Waals surface area contributed by atoms with Crippen molar-refractivity contribution in [2.75, 3.05) is 13.7 Å². The van der Waals surface area contributed by atoms with E-state index in [1.165, 1.54) is 37.4 Å². The summed E-state index contributed by atoms with van der Waals surface area (Å²) in [6, 6.07) is 10.6. The summed E-state index contributed by atoms with van der Waals surface area (Å²) in [7, 11) is -3.26. The average Bonchev–Trinajstić information content (AvgIpc) is 2.85. The number of methoxy groups -OCH3 is 1. The molecule has 0 fully saturated rings. The normalized spacial score (nSPS) is 17.5. The monoisotopic (exact) mass is 515 g/mol. The summed E-state index contributed by atoms with van der Waals surface area (Å²) < 4.78 is 68.1. The van der Waals surface area contributed by atoms with Crippen LogP contribution in [0.2, 0.25) is 0 Å². The van der Waals surface area contributed by atoms with Gasteiger partial charge in [0.15, 0.2) is 0 Å². The van der Waals surface area contributed by atoms with E-state index in [-0.39, 0.29) is 28.4 Å². The highest BCUT2D eigenvalue weighted by molar-refractivity contribution is 7.89. The molecule has 1 amide bonds. The molecule has 1 aliphatic heterocycles. The maximum absolute atomic E-state index is 15.2. The number of hydrogen-bond acceptors (Lipinski definition) is 6. The van der Waals surface area contributed by atoms with Crippen molar-refractivity contribution in [3.05, 3.63) is 94.6 Å². The number of halogens is 2. The number of ether oxygens (including phenoxy) is 2. The van der Waals surface area contributed by atoms with Crippen LogP contribution in [-0.2, 0) is 19.6 Å². The lowest BCUT2D eigenvalue weighted by Crippen LogP contribution is -2.48. The molecule has 0 spiro atoms. The number of rotatable bonds is 6. The summed E-state index contributed by atoms with van der Waals surface area (Å²) in [5.74, 6) is -4.97. The first-order valence-corrected chi connectivity index (χ1v) is 12.5. The summed E-state index contributed by atoms with van der Waals surface area (Å²) >= 11 is 0. The molecule has 0 bridgehead atoms. The quantitative estimate of drug-likeness (QED) is 0.449. The summed E-state index contributed by atoms with van der Waals surface area (Å²) in [6.07, 6.45) is 0. The summed E-state index contributed by atoms with van der Waals surface area (Å²) in [5, 5.41) is 0. The third-order valence-electron chi connectivity index (χ3n) is 5.99. The van der Waals surface area contributed by atoms with Crippen molar-refractivity contribution in [3.63, 3.8) is 0 Å². The molecule has 36 heavy (non-hydrogen) atoms. The molecule has 1 heterocycles. The minimum atomic E-state index is -4.64. The van der Waals surface area contributed by atoms with Crippen molar-refractivity contribution in [1.82, 2.24) is 4.31 Å². The fourth-order valence-corrected chi connectivity index (χ4v) is 5.85. The van der Waals surface area contributed by atoms with Crippen molar-refractivity contribution >= 4 is 21.9 Å². The molecule has 1 aliphatic rings. The first kappa shape index (κ1) is 25.3. The Morgan fingerprint density at radius 1 is 1.00 bits per heavy atom. The second-order valence-corrected chi connectivity index (χ2v) is 10.0. The SMILES string of the molecule is CCOC(=O)C1c2cc(OC)ccc2C(=O)N(S(=O)(=O)c2ccc(C)cc2)C1c1cc(F)ccc1F. The van der Waals surface area contributed by atoms with Crippen LogP contribution in [0.3, 0.4) is 0 Å². The molecule has 3 aromatic rings. The highest BCUT2D eigenvalue weighted by Crippen LogP contribution is 2.47. The molecule has 188 valence electrons. The molecule has 0 radical (unpaired) electrons. The molecular formula is C26H23F2NO6S. The molecule has 0 saturated heterocycles. The van der Waals surface area contributed by atoms with Gasteiger partial charge in [-0.1, -0.05) is 17.7 Å². The summed E-state index contributed by atoms with van der Waals surface area (Å²) in [6.45, 7) is 3.25. The molecule has 4 rings (SSSR count). The van der Waals surface area contributed by atoms with E-state index in [1.807, 2.05) is 0 Å². The third kappa shape index (κ3) is 4.32. The number of carbonyl (C=O) groups is 2. The number of esters is 1. The number of aryl methyl sites for hydroxylation is 1. The van der Waals surface area contributed by atoms with Crippen molar-refractivity contribution in [1.29, 1.82) is 0 Å². The molecule has 0 saturated carbocycles. The lowest BCUT2D eigenvalue weighted by atomic mass is 9.80. The predicted molar refractivity (Wildman–Crippen MR) is 126 cm³/mol. The average molecular weight is 516 g/mol. The maximum atomic E-state index is 15.2. The topological polar surface area (TPSA) is 90.0 Å². The Hall–Kier alpha value is -3.79. The van der Waals surface area contributed by atoms with Gasteiger partial charge in [-0.05, 0) is 67.9 Å². The van der Waals surface area contributed by atoms with Crippen LogP contribution in [0.15, 0.2) is 65.6 Å². The van der Waals surface area contributed by atoms with Gasteiger partial charge in [0.1, 0.15) is 23.3 Å². The number of benzene rings is 3. The Labute approximate surface area is 207 Å². The second kappa shape index (κ2) is 9.69. The molecule has 0 aliphatic carbocycles. The highest BCUT2D eigenvalue weighted by Gasteiger charge is 2.51. The van der Waals surface area contributed by atoms with Crippen LogP contribution < -0.4 is 4.74 Å². The van der Waals surface area contributed by atoms with Crippen molar-refractivity contribution < 1.29 is 36.3 Å². The molecule has 2 unspecified atom stereocenters. The molecule has 0 N–H and O–H groups in total. The first-order chi connectivity index (χ1) is 17.1.